The van der Waals surface area contributed by atoms with Crippen LogP contribution in [0.1, 0.15) is 110 Å². The van der Waals surface area contributed by atoms with Crippen molar-refractivity contribution in [2.24, 2.45) is 0 Å². The monoisotopic (exact) mass is 384 g/mol. The zero-order chi connectivity index (χ0) is 20.2. The highest BCUT2D eigenvalue weighted by Crippen LogP contribution is 2.13. The molecule has 0 aliphatic rings. The maximum atomic E-state index is 11.0. The van der Waals surface area contributed by atoms with Crippen molar-refractivity contribution < 1.29 is 19.7 Å². The van der Waals surface area contributed by atoms with Gasteiger partial charge in [0.2, 0.25) is 0 Å². The van der Waals surface area contributed by atoms with E-state index in [0.29, 0.717) is 6.42 Å². The Hall–Kier alpha value is -0.870. The van der Waals surface area contributed by atoms with E-state index >= 15 is 0 Å². The van der Waals surface area contributed by atoms with E-state index in [-0.39, 0.29) is 5.97 Å². The Morgan fingerprint density at radius 2 is 1.15 bits per heavy atom. The maximum absolute atomic E-state index is 11.0. The van der Waals surface area contributed by atoms with Crippen molar-refractivity contribution in [3.63, 3.8) is 0 Å². The van der Waals surface area contributed by atoms with Gasteiger partial charge >= 0.3 is 5.97 Å². The van der Waals surface area contributed by atoms with Crippen LogP contribution in [0.25, 0.3) is 0 Å². The number of carbonyl (C=O) groups excluding carboxylic acids is 1. The molecular weight excluding hydrogens is 340 g/mol. The predicted molar refractivity (Wildman–Crippen MR) is 113 cm³/mol. The fraction of sp³-hybridized carbons (Fsp3) is 0.870. The fourth-order valence-corrected chi connectivity index (χ4v) is 3.19. The molecule has 27 heavy (non-hydrogen) atoms. The summed E-state index contributed by atoms with van der Waals surface area (Å²) in [6.45, 7) is 2.20. The van der Waals surface area contributed by atoms with Crippen LogP contribution in [-0.4, -0.2) is 35.5 Å². The Morgan fingerprint density at radius 1 is 0.741 bits per heavy atom. The fourth-order valence-electron chi connectivity index (χ4n) is 3.19. The van der Waals surface area contributed by atoms with E-state index in [2.05, 4.69) is 11.7 Å². The average Bonchev–Trinajstić information content (AvgIpc) is 2.67. The van der Waals surface area contributed by atoms with Gasteiger partial charge in [-0.05, 0) is 19.3 Å². The van der Waals surface area contributed by atoms with Crippen LogP contribution in [-0.2, 0) is 9.53 Å². The molecule has 0 aromatic carbocycles. The predicted octanol–water partition coefficient (Wildman–Crippen LogP) is 5.70. The smallest absolute Gasteiger partial charge is 0.305 e. The van der Waals surface area contributed by atoms with Crippen molar-refractivity contribution in [3.05, 3.63) is 12.2 Å². The van der Waals surface area contributed by atoms with Crippen molar-refractivity contribution in [1.82, 2.24) is 0 Å². The summed E-state index contributed by atoms with van der Waals surface area (Å²) < 4.78 is 4.62. The van der Waals surface area contributed by atoms with Crippen LogP contribution in [0.4, 0.5) is 0 Å². The van der Waals surface area contributed by atoms with Crippen molar-refractivity contribution in [2.75, 3.05) is 7.11 Å². The Balaban J connectivity index is 3.42. The molecule has 2 N–H and O–H groups in total. The van der Waals surface area contributed by atoms with Crippen LogP contribution in [0.3, 0.4) is 0 Å². The molecule has 4 heteroatoms. The van der Waals surface area contributed by atoms with E-state index in [1.807, 2.05) is 0 Å². The third-order valence-corrected chi connectivity index (χ3v) is 5.02. The minimum Gasteiger partial charge on any atom is -0.469 e. The number of carbonyl (C=O) groups is 1. The lowest BCUT2D eigenvalue weighted by Crippen LogP contribution is -2.06. The van der Waals surface area contributed by atoms with Crippen molar-refractivity contribution in [1.29, 1.82) is 0 Å². The Labute approximate surface area is 167 Å². The molecule has 0 spiro atoms. The van der Waals surface area contributed by atoms with E-state index in [1.165, 1.54) is 58.5 Å². The number of rotatable bonds is 19. The largest absolute Gasteiger partial charge is 0.469 e. The summed E-state index contributed by atoms with van der Waals surface area (Å²) in [5.74, 6) is -0.109. The molecule has 0 amide bonds. The summed E-state index contributed by atoms with van der Waals surface area (Å²) in [5.41, 5.74) is 0. The topological polar surface area (TPSA) is 66.8 Å². The van der Waals surface area contributed by atoms with Crippen LogP contribution < -0.4 is 0 Å². The third kappa shape index (κ3) is 19.7. The minimum atomic E-state index is -0.432. The van der Waals surface area contributed by atoms with Crippen LogP contribution >= 0.6 is 0 Å². The lowest BCUT2D eigenvalue weighted by atomic mass is 10.0. The van der Waals surface area contributed by atoms with Gasteiger partial charge in [0.15, 0.2) is 0 Å². The van der Waals surface area contributed by atoms with Gasteiger partial charge in [-0.3, -0.25) is 4.79 Å². The number of unbranched alkanes of at least 4 members (excludes halogenated alkanes) is 11. The van der Waals surface area contributed by atoms with E-state index in [4.69, 9.17) is 0 Å². The Morgan fingerprint density at radius 3 is 1.59 bits per heavy atom. The van der Waals surface area contributed by atoms with Gasteiger partial charge in [-0.1, -0.05) is 96.1 Å². The highest BCUT2D eigenvalue weighted by molar-refractivity contribution is 5.68. The van der Waals surface area contributed by atoms with Crippen LogP contribution in [0.15, 0.2) is 12.2 Å². The summed E-state index contributed by atoms with van der Waals surface area (Å²) in [6.07, 6.45) is 19.8. The third-order valence-electron chi connectivity index (χ3n) is 5.02. The standard InChI is InChI=1S/C23H44O4/c1-3-4-5-10-13-16-21(24)19-20-22(25)17-14-11-8-6-7-9-12-15-18-23(26)27-2/h19-22,24-25H,3-18H2,1-2H3/b20-19+/t21-,22+/m0/s1. The first-order chi connectivity index (χ1) is 13.1. The number of esters is 1. The number of hydrogen-bond donors (Lipinski definition) is 2. The molecule has 0 unspecified atom stereocenters. The van der Waals surface area contributed by atoms with E-state index < -0.39 is 12.2 Å². The van der Waals surface area contributed by atoms with Gasteiger partial charge in [-0.25, -0.2) is 0 Å². The summed E-state index contributed by atoms with van der Waals surface area (Å²) in [6, 6.07) is 0. The second kappa shape index (κ2) is 19.9. The molecule has 0 aliphatic carbocycles. The summed E-state index contributed by atoms with van der Waals surface area (Å²) >= 11 is 0. The first-order valence-corrected chi connectivity index (χ1v) is 11.2. The van der Waals surface area contributed by atoms with E-state index in [9.17, 15) is 15.0 Å². The lowest BCUT2D eigenvalue weighted by molar-refractivity contribution is -0.140. The quantitative estimate of drug-likeness (QED) is 0.170. The highest BCUT2D eigenvalue weighted by Gasteiger charge is 2.03. The number of aliphatic hydroxyl groups is 2. The molecule has 4 nitrogen and oxygen atoms in total. The molecule has 0 fully saturated rings. The summed E-state index contributed by atoms with van der Waals surface area (Å²) in [7, 11) is 1.44. The minimum absolute atomic E-state index is 0.109. The Kier molecular flexibility index (Phi) is 19.2. The molecule has 0 aliphatic heterocycles. The van der Waals surface area contributed by atoms with Gasteiger partial charge in [-0.2, -0.15) is 0 Å². The summed E-state index contributed by atoms with van der Waals surface area (Å²) in [5, 5.41) is 19.9. The van der Waals surface area contributed by atoms with Gasteiger partial charge < -0.3 is 14.9 Å². The maximum Gasteiger partial charge on any atom is 0.305 e. The molecular formula is C23H44O4. The van der Waals surface area contributed by atoms with Gasteiger partial charge in [0.05, 0.1) is 19.3 Å². The van der Waals surface area contributed by atoms with Crippen LogP contribution in [0, 0.1) is 0 Å². The lowest BCUT2D eigenvalue weighted by Gasteiger charge is -2.08. The normalized spacial score (nSPS) is 13.8. The number of methoxy groups -OCH3 is 1. The van der Waals surface area contributed by atoms with Gasteiger partial charge in [0, 0.05) is 6.42 Å². The molecule has 0 heterocycles. The highest BCUT2D eigenvalue weighted by atomic mass is 16.5. The SMILES string of the molecule is CCCCCCC[C@H](O)/C=C/[C@H](O)CCCCCCCCCCC(=O)OC. The number of aliphatic hydroxyl groups excluding tert-OH is 2. The molecule has 2 atom stereocenters. The molecule has 0 bridgehead atoms. The van der Waals surface area contributed by atoms with Crippen molar-refractivity contribution >= 4 is 5.97 Å². The zero-order valence-electron chi connectivity index (χ0n) is 17.8. The average molecular weight is 385 g/mol. The second-order valence-corrected chi connectivity index (χ2v) is 7.67. The van der Waals surface area contributed by atoms with Crippen LogP contribution in [0.5, 0.6) is 0 Å². The van der Waals surface area contributed by atoms with Gasteiger partial charge in [0.25, 0.3) is 0 Å². The molecule has 0 saturated heterocycles. The molecule has 0 aromatic rings. The Bertz CT molecular complexity index is 354. The first kappa shape index (κ1) is 26.1. The summed E-state index contributed by atoms with van der Waals surface area (Å²) in [4.78, 5) is 11.0. The zero-order valence-corrected chi connectivity index (χ0v) is 17.8. The molecule has 0 rings (SSSR count). The van der Waals surface area contributed by atoms with E-state index in [0.717, 1.165) is 44.9 Å². The van der Waals surface area contributed by atoms with Gasteiger partial charge in [0.1, 0.15) is 0 Å². The van der Waals surface area contributed by atoms with Gasteiger partial charge in [-0.15, -0.1) is 0 Å². The van der Waals surface area contributed by atoms with Crippen LogP contribution in [0.2, 0.25) is 0 Å². The second-order valence-electron chi connectivity index (χ2n) is 7.67. The molecule has 160 valence electrons. The van der Waals surface area contributed by atoms with Crippen molar-refractivity contribution in [2.45, 2.75) is 122 Å². The molecule has 0 radical (unpaired) electrons. The number of ether oxygens (including phenoxy) is 1. The number of hydrogen-bond acceptors (Lipinski definition) is 4. The molecule has 0 saturated carbocycles. The first-order valence-electron chi connectivity index (χ1n) is 11.2. The molecule has 0 aromatic heterocycles. The van der Waals surface area contributed by atoms with E-state index in [1.54, 1.807) is 12.2 Å². The van der Waals surface area contributed by atoms with Crippen molar-refractivity contribution in [3.8, 4) is 0 Å².